The van der Waals surface area contributed by atoms with Crippen molar-refractivity contribution in [3.8, 4) is 0 Å². The minimum Gasteiger partial charge on any atom is -0.478 e. The van der Waals surface area contributed by atoms with E-state index in [0.29, 0.717) is 0 Å². The lowest BCUT2D eigenvalue weighted by molar-refractivity contribution is 0.0697. The zero-order valence-electron chi connectivity index (χ0n) is 15.9. The third kappa shape index (κ3) is 3.27. The van der Waals surface area contributed by atoms with E-state index >= 15 is 0 Å². The molecule has 1 N–H and O–H groups in total. The van der Waals surface area contributed by atoms with Crippen LogP contribution in [0.25, 0.3) is 5.57 Å². The van der Waals surface area contributed by atoms with E-state index in [1.807, 2.05) is 6.21 Å². The van der Waals surface area contributed by atoms with Gasteiger partial charge in [0.1, 0.15) is 0 Å². The quantitative estimate of drug-likeness (QED) is 0.787. The zero-order valence-corrected chi connectivity index (χ0v) is 15.9. The normalized spacial score (nSPS) is 15.7. The first kappa shape index (κ1) is 17.9. The number of benzene rings is 2. The smallest absolute Gasteiger partial charge is 0.335 e. The van der Waals surface area contributed by atoms with E-state index in [0.717, 1.165) is 16.8 Å². The van der Waals surface area contributed by atoms with E-state index in [2.05, 4.69) is 62.8 Å². The lowest BCUT2D eigenvalue weighted by Crippen LogP contribution is -2.42. The Balaban J connectivity index is 1.95. The molecule has 4 nitrogen and oxygen atoms in total. The predicted octanol–water partition coefficient (Wildman–Crippen LogP) is 5.08. The van der Waals surface area contributed by atoms with E-state index in [1.54, 1.807) is 24.3 Å². The number of rotatable bonds is 3. The van der Waals surface area contributed by atoms with E-state index < -0.39 is 5.97 Å². The molecule has 0 aliphatic carbocycles. The van der Waals surface area contributed by atoms with Gasteiger partial charge in [0, 0.05) is 24.5 Å². The Bertz CT molecular complexity index is 922. The van der Waals surface area contributed by atoms with Gasteiger partial charge in [0.05, 0.1) is 16.8 Å². The van der Waals surface area contributed by atoms with Gasteiger partial charge < -0.3 is 10.0 Å². The molecule has 0 bridgehead atoms. The maximum atomic E-state index is 10.9. The minimum absolute atomic E-state index is 0.00891. The molecular formula is C22H24N2O2. The average Bonchev–Trinajstić information content (AvgIpc) is 2.58. The lowest BCUT2D eigenvalue weighted by atomic mass is 9.87. The van der Waals surface area contributed by atoms with Crippen LogP contribution in [-0.4, -0.2) is 29.9 Å². The first-order valence-electron chi connectivity index (χ1n) is 8.65. The van der Waals surface area contributed by atoms with Crippen LogP contribution in [-0.2, 0) is 0 Å². The standard InChI is InChI=1S/C22H24N2O2/c1-14-10-20-19(15(2)12-22(3,4)24(20)5)11-17(14)13-23-18-8-6-16(7-9-18)21(25)26/h6-13H,1-5H3,(H,25,26). The Hall–Kier alpha value is -2.88. The maximum Gasteiger partial charge on any atom is 0.335 e. The van der Waals surface area contributed by atoms with E-state index in [-0.39, 0.29) is 11.1 Å². The highest BCUT2D eigenvalue weighted by Crippen LogP contribution is 2.39. The Morgan fingerprint density at radius 3 is 2.42 bits per heavy atom. The number of carboxylic acid groups (broad SMARTS) is 1. The van der Waals surface area contributed by atoms with Crippen molar-refractivity contribution in [1.29, 1.82) is 0 Å². The van der Waals surface area contributed by atoms with Gasteiger partial charge in [-0.2, -0.15) is 0 Å². The second-order valence-electron chi connectivity index (χ2n) is 7.38. The van der Waals surface area contributed by atoms with Crippen LogP contribution in [0.1, 0.15) is 47.8 Å². The van der Waals surface area contributed by atoms with E-state index in [1.165, 1.54) is 16.8 Å². The Labute approximate surface area is 154 Å². The van der Waals surface area contributed by atoms with Crippen LogP contribution in [0.5, 0.6) is 0 Å². The summed E-state index contributed by atoms with van der Waals surface area (Å²) in [5.74, 6) is -0.930. The number of carbonyl (C=O) groups is 1. The topological polar surface area (TPSA) is 52.9 Å². The van der Waals surface area contributed by atoms with Crippen LogP contribution < -0.4 is 4.90 Å². The molecular weight excluding hydrogens is 324 g/mol. The summed E-state index contributed by atoms with van der Waals surface area (Å²) in [6.07, 6.45) is 4.13. The van der Waals surface area contributed by atoms with Crippen molar-refractivity contribution in [1.82, 2.24) is 0 Å². The van der Waals surface area contributed by atoms with Gasteiger partial charge >= 0.3 is 5.97 Å². The summed E-state index contributed by atoms with van der Waals surface area (Å²) in [6.45, 7) is 8.66. The number of aliphatic imine (C=N–C) groups is 1. The summed E-state index contributed by atoms with van der Waals surface area (Å²) in [5, 5.41) is 8.97. The largest absolute Gasteiger partial charge is 0.478 e. The molecule has 0 amide bonds. The third-order valence-electron chi connectivity index (χ3n) is 5.07. The SMILES string of the molecule is CC1=CC(C)(C)N(C)c2cc(C)c(C=Nc3ccc(C(=O)O)cc3)cc21. The number of anilines is 1. The number of aromatic carboxylic acids is 1. The molecule has 1 heterocycles. The first-order chi connectivity index (χ1) is 12.2. The minimum atomic E-state index is -0.930. The van der Waals surface area contributed by atoms with Crippen LogP contribution in [0.2, 0.25) is 0 Å². The molecule has 0 fully saturated rings. The van der Waals surface area contributed by atoms with Crippen molar-refractivity contribution in [2.75, 3.05) is 11.9 Å². The lowest BCUT2D eigenvalue weighted by Gasteiger charge is -2.41. The van der Waals surface area contributed by atoms with E-state index in [4.69, 9.17) is 5.11 Å². The molecule has 0 spiro atoms. The molecule has 0 unspecified atom stereocenters. The van der Waals surface area contributed by atoms with Crippen molar-refractivity contribution >= 4 is 29.1 Å². The molecule has 26 heavy (non-hydrogen) atoms. The molecule has 2 aromatic rings. The number of likely N-dealkylation sites (N-methyl/N-ethyl adjacent to an activating group) is 1. The number of hydrogen-bond acceptors (Lipinski definition) is 3. The van der Waals surface area contributed by atoms with Crippen molar-refractivity contribution < 1.29 is 9.90 Å². The third-order valence-corrected chi connectivity index (χ3v) is 5.07. The van der Waals surface area contributed by atoms with Crippen molar-refractivity contribution in [3.63, 3.8) is 0 Å². The molecule has 0 saturated carbocycles. The number of allylic oxidation sites excluding steroid dienone is 1. The van der Waals surface area contributed by atoms with Gasteiger partial charge in [-0.05, 0) is 80.8 Å². The maximum absolute atomic E-state index is 10.9. The van der Waals surface area contributed by atoms with Crippen molar-refractivity contribution in [3.05, 3.63) is 64.7 Å². The fourth-order valence-electron chi connectivity index (χ4n) is 3.29. The van der Waals surface area contributed by atoms with Crippen molar-refractivity contribution in [2.24, 2.45) is 4.99 Å². The highest BCUT2D eigenvalue weighted by molar-refractivity contribution is 5.91. The molecule has 134 valence electrons. The Morgan fingerprint density at radius 1 is 1.15 bits per heavy atom. The second-order valence-corrected chi connectivity index (χ2v) is 7.38. The highest BCUT2D eigenvalue weighted by Gasteiger charge is 2.28. The fraction of sp³-hybridized carbons (Fsp3) is 0.273. The first-order valence-corrected chi connectivity index (χ1v) is 8.65. The molecule has 0 saturated heterocycles. The molecule has 1 aliphatic heterocycles. The molecule has 0 radical (unpaired) electrons. The zero-order chi connectivity index (χ0) is 19.1. The molecule has 3 rings (SSSR count). The number of aryl methyl sites for hydroxylation is 1. The highest BCUT2D eigenvalue weighted by atomic mass is 16.4. The van der Waals surface area contributed by atoms with Crippen LogP contribution in [0, 0.1) is 6.92 Å². The average molecular weight is 348 g/mol. The van der Waals surface area contributed by atoms with Gasteiger partial charge in [0.25, 0.3) is 0 Å². The number of carboxylic acids is 1. The van der Waals surface area contributed by atoms with Gasteiger partial charge in [-0.25, -0.2) is 4.79 Å². The Kier molecular flexibility index (Phi) is 4.45. The molecule has 4 heteroatoms. The van der Waals surface area contributed by atoms with Gasteiger partial charge in [0.15, 0.2) is 0 Å². The number of nitrogens with zero attached hydrogens (tertiary/aromatic N) is 2. The predicted molar refractivity (Wildman–Crippen MR) is 108 cm³/mol. The van der Waals surface area contributed by atoms with Crippen molar-refractivity contribution in [2.45, 2.75) is 33.2 Å². The summed E-state index contributed by atoms with van der Waals surface area (Å²) in [4.78, 5) is 17.7. The van der Waals surface area contributed by atoms with Crippen LogP contribution in [0.4, 0.5) is 11.4 Å². The van der Waals surface area contributed by atoms with Gasteiger partial charge in [0.2, 0.25) is 0 Å². The van der Waals surface area contributed by atoms with Gasteiger partial charge in [-0.1, -0.05) is 6.08 Å². The number of hydrogen-bond donors (Lipinski definition) is 1. The van der Waals surface area contributed by atoms with Crippen LogP contribution >= 0.6 is 0 Å². The van der Waals surface area contributed by atoms with Crippen LogP contribution in [0.3, 0.4) is 0 Å². The summed E-state index contributed by atoms with van der Waals surface area (Å²) in [7, 11) is 2.12. The number of fused-ring (bicyclic) bond motifs is 1. The second kappa shape index (κ2) is 6.45. The molecule has 2 aromatic carbocycles. The molecule has 0 aromatic heterocycles. The van der Waals surface area contributed by atoms with Gasteiger partial charge in [-0.3, -0.25) is 4.99 Å². The Morgan fingerprint density at radius 2 is 1.81 bits per heavy atom. The summed E-state index contributed by atoms with van der Waals surface area (Å²) < 4.78 is 0. The monoisotopic (exact) mass is 348 g/mol. The summed E-state index contributed by atoms with van der Waals surface area (Å²) in [5.41, 5.74) is 6.93. The van der Waals surface area contributed by atoms with E-state index in [9.17, 15) is 4.79 Å². The summed E-state index contributed by atoms with van der Waals surface area (Å²) >= 11 is 0. The fourth-order valence-corrected chi connectivity index (χ4v) is 3.29. The summed E-state index contributed by atoms with van der Waals surface area (Å²) in [6, 6.07) is 11.0. The van der Waals surface area contributed by atoms with Gasteiger partial charge in [-0.15, -0.1) is 0 Å². The molecule has 0 atom stereocenters. The van der Waals surface area contributed by atoms with Crippen LogP contribution in [0.15, 0.2) is 47.5 Å². The molecule has 1 aliphatic rings.